The molecule has 2 aromatic rings. The van der Waals surface area contributed by atoms with Gasteiger partial charge in [-0.1, -0.05) is 0 Å². The molecule has 1 atom stereocenters. The first kappa shape index (κ1) is 13.4. The molecule has 0 saturated heterocycles. The molecule has 0 aliphatic rings. The van der Waals surface area contributed by atoms with Gasteiger partial charge in [0.05, 0.1) is 12.0 Å². The lowest BCUT2D eigenvalue weighted by Gasteiger charge is -2.12. The molecule has 0 unspecified atom stereocenters. The minimum absolute atomic E-state index is 0.0345. The minimum atomic E-state index is 0.0345. The fourth-order valence-corrected chi connectivity index (χ4v) is 1.93. The average molecular weight is 261 g/mol. The third-order valence-corrected chi connectivity index (χ3v) is 2.84. The summed E-state index contributed by atoms with van der Waals surface area (Å²) in [5.41, 5.74) is 0.964. The summed E-state index contributed by atoms with van der Waals surface area (Å²) in [4.78, 5) is 11.8. The van der Waals surface area contributed by atoms with E-state index in [1.54, 1.807) is 10.9 Å². The maximum atomic E-state index is 11.8. The summed E-state index contributed by atoms with van der Waals surface area (Å²) in [6, 6.07) is 5.76. The Morgan fingerprint density at radius 2 is 2.37 bits per heavy atom. The van der Waals surface area contributed by atoms with Gasteiger partial charge in [-0.15, -0.1) is 0 Å². The van der Waals surface area contributed by atoms with E-state index in [9.17, 15) is 4.79 Å². The highest BCUT2D eigenvalue weighted by atomic mass is 16.3. The van der Waals surface area contributed by atoms with E-state index < -0.39 is 0 Å². The number of amides is 1. The molecule has 102 valence electrons. The monoisotopic (exact) mass is 261 g/mol. The SMILES string of the molecule is Cc1ccn(CCC(=O)N[C@@H](C)Cc2ccco2)n1. The fraction of sp³-hybridized carbons (Fsp3) is 0.429. The van der Waals surface area contributed by atoms with Crippen molar-refractivity contribution < 1.29 is 9.21 Å². The molecule has 0 saturated carbocycles. The Balaban J connectivity index is 1.71. The molecule has 5 heteroatoms. The molecule has 2 rings (SSSR count). The Hall–Kier alpha value is -2.04. The predicted molar refractivity (Wildman–Crippen MR) is 71.6 cm³/mol. The maximum absolute atomic E-state index is 11.8. The number of nitrogens with one attached hydrogen (secondary N) is 1. The van der Waals surface area contributed by atoms with Crippen LogP contribution in [0.15, 0.2) is 35.1 Å². The van der Waals surface area contributed by atoms with Crippen LogP contribution in [0.2, 0.25) is 0 Å². The average Bonchev–Trinajstić information content (AvgIpc) is 2.98. The maximum Gasteiger partial charge on any atom is 0.222 e. The van der Waals surface area contributed by atoms with Crippen molar-refractivity contribution in [3.05, 3.63) is 42.1 Å². The number of furan rings is 1. The first-order valence-corrected chi connectivity index (χ1v) is 6.45. The molecule has 0 fully saturated rings. The molecule has 0 spiro atoms. The first-order valence-electron chi connectivity index (χ1n) is 6.45. The van der Waals surface area contributed by atoms with Crippen molar-refractivity contribution in [3.63, 3.8) is 0 Å². The Bertz CT molecular complexity index is 517. The Morgan fingerprint density at radius 1 is 1.53 bits per heavy atom. The van der Waals surface area contributed by atoms with Gasteiger partial charge < -0.3 is 9.73 Å². The van der Waals surface area contributed by atoms with Crippen LogP contribution < -0.4 is 5.32 Å². The van der Waals surface area contributed by atoms with E-state index >= 15 is 0 Å². The zero-order valence-electron chi connectivity index (χ0n) is 11.3. The van der Waals surface area contributed by atoms with Crippen LogP contribution in [0.3, 0.4) is 0 Å². The molecule has 0 radical (unpaired) electrons. The zero-order chi connectivity index (χ0) is 13.7. The minimum Gasteiger partial charge on any atom is -0.469 e. The van der Waals surface area contributed by atoms with Crippen LogP contribution in [0.1, 0.15) is 24.8 Å². The van der Waals surface area contributed by atoms with E-state index in [1.807, 2.05) is 38.2 Å². The number of carbonyl (C=O) groups is 1. The second-order valence-electron chi connectivity index (χ2n) is 4.72. The molecule has 0 aliphatic heterocycles. The highest BCUT2D eigenvalue weighted by Crippen LogP contribution is 2.04. The van der Waals surface area contributed by atoms with E-state index in [4.69, 9.17) is 4.42 Å². The summed E-state index contributed by atoms with van der Waals surface area (Å²) >= 11 is 0. The first-order chi connectivity index (χ1) is 9.13. The molecule has 1 amide bonds. The van der Waals surface area contributed by atoms with Crippen molar-refractivity contribution in [3.8, 4) is 0 Å². The number of hydrogen-bond donors (Lipinski definition) is 1. The Kier molecular flexibility index (Phi) is 4.39. The molecule has 0 aliphatic carbocycles. The van der Waals surface area contributed by atoms with Crippen LogP contribution in [0, 0.1) is 6.92 Å². The van der Waals surface area contributed by atoms with Gasteiger partial charge in [0.2, 0.25) is 5.91 Å². The number of aromatic nitrogens is 2. The second-order valence-corrected chi connectivity index (χ2v) is 4.72. The van der Waals surface area contributed by atoms with Crippen molar-refractivity contribution in [2.75, 3.05) is 0 Å². The van der Waals surface area contributed by atoms with Crippen LogP contribution in [-0.4, -0.2) is 21.7 Å². The van der Waals surface area contributed by atoms with Crippen molar-refractivity contribution in [2.45, 2.75) is 39.3 Å². The molecular formula is C14H19N3O2. The Morgan fingerprint density at radius 3 is 3.00 bits per heavy atom. The van der Waals surface area contributed by atoms with Crippen LogP contribution in [0.4, 0.5) is 0 Å². The second kappa shape index (κ2) is 6.22. The van der Waals surface area contributed by atoms with Gasteiger partial charge in [-0.25, -0.2) is 0 Å². The number of carbonyl (C=O) groups excluding carboxylic acids is 1. The van der Waals surface area contributed by atoms with Gasteiger partial charge in [0, 0.05) is 31.6 Å². The lowest BCUT2D eigenvalue weighted by Crippen LogP contribution is -2.34. The van der Waals surface area contributed by atoms with Crippen LogP contribution in [-0.2, 0) is 17.8 Å². The Labute approximate surface area is 112 Å². The molecule has 0 bridgehead atoms. The third-order valence-electron chi connectivity index (χ3n) is 2.84. The summed E-state index contributed by atoms with van der Waals surface area (Å²) in [5.74, 6) is 0.919. The quantitative estimate of drug-likeness (QED) is 0.864. The van der Waals surface area contributed by atoms with E-state index in [2.05, 4.69) is 10.4 Å². The van der Waals surface area contributed by atoms with Crippen molar-refractivity contribution in [2.24, 2.45) is 0 Å². The van der Waals surface area contributed by atoms with Gasteiger partial charge in [-0.2, -0.15) is 5.10 Å². The van der Waals surface area contributed by atoms with E-state index in [-0.39, 0.29) is 11.9 Å². The molecule has 19 heavy (non-hydrogen) atoms. The van der Waals surface area contributed by atoms with Crippen LogP contribution in [0.5, 0.6) is 0 Å². The normalized spacial score (nSPS) is 12.3. The third kappa shape index (κ3) is 4.28. The van der Waals surface area contributed by atoms with Crippen LogP contribution >= 0.6 is 0 Å². The van der Waals surface area contributed by atoms with Gasteiger partial charge in [-0.3, -0.25) is 9.48 Å². The molecule has 1 N–H and O–H groups in total. The fourth-order valence-electron chi connectivity index (χ4n) is 1.93. The molecule has 2 aromatic heterocycles. The molecular weight excluding hydrogens is 242 g/mol. The van der Waals surface area contributed by atoms with Gasteiger partial charge in [0.15, 0.2) is 0 Å². The number of hydrogen-bond acceptors (Lipinski definition) is 3. The summed E-state index contributed by atoms with van der Waals surface area (Å²) < 4.78 is 7.04. The van der Waals surface area contributed by atoms with Crippen molar-refractivity contribution in [1.82, 2.24) is 15.1 Å². The smallest absolute Gasteiger partial charge is 0.222 e. The van der Waals surface area contributed by atoms with Gasteiger partial charge in [0.1, 0.15) is 5.76 Å². The predicted octanol–water partition coefficient (Wildman–Crippen LogP) is 1.92. The summed E-state index contributed by atoms with van der Waals surface area (Å²) in [6.07, 6.45) is 4.67. The van der Waals surface area contributed by atoms with E-state index in [0.29, 0.717) is 19.4 Å². The largest absolute Gasteiger partial charge is 0.469 e. The lowest BCUT2D eigenvalue weighted by molar-refractivity contribution is -0.121. The van der Waals surface area contributed by atoms with Crippen molar-refractivity contribution >= 4 is 5.91 Å². The molecule has 5 nitrogen and oxygen atoms in total. The zero-order valence-corrected chi connectivity index (χ0v) is 11.3. The number of nitrogens with zero attached hydrogens (tertiary/aromatic N) is 2. The summed E-state index contributed by atoms with van der Waals surface area (Å²) in [7, 11) is 0. The van der Waals surface area contributed by atoms with Gasteiger partial charge in [-0.05, 0) is 32.0 Å². The molecule has 0 aromatic carbocycles. The number of aryl methyl sites for hydroxylation is 2. The van der Waals surface area contributed by atoms with E-state index in [0.717, 1.165) is 11.5 Å². The van der Waals surface area contributed by atoms with Gasteiger partial charge >= 0.3 is 0 Å². The topological polar surface area (TPSA) is 60.1 Å². The van der Waals surface area contributed by atoms with Gasteiger partial charge in [0.25, 0.3) is 0 Å². The highest BCUT2D eigenvalue weighted by Gasteiger charge is 2.09. The summed E-state index contributed by atoms with van der Waals surface area (Å²) in [6.45, 7) is 4.51. The molecule has 2 heterocycles. The van der Waals surface area contributed by atoms with Crippen LogP contribution in [0.25, 0.3) is 0 Å². The lowest BCUT2D eigenvalue weighted by atomic mass is 10.2. The summed E-state index contributed by atoms with van der Waals surface area (Å²) in [5, 5.41) is 7.20. The number of rotatable bonds is 6. The van der Waals surface area contributed by atoms with Crippen molar-refractivity contribution in [1.29, 1.82) is 0 Å². The van der Waals surface area contributed by atoms with E-state index in [1.165, 1.54) is 0 Å². The highest BCUT2D eigenvalue weighted by molar-refractivity contribution is 5.76. The standard InChI is InChI=1S/C14H19N3O2/c1-11-5-7-17(16-11)8-6-14(18)15-12(2)10-13-4-3-9-19-13/h3-5,7,9,12H,6,8,10H2,1-2H3,(H,15,18)/t12-/m0/s1.